The molecule has 2 N–H and O–H groups in total. The predicted octanol–water partition coefficient (Wildman–Crippen LogP) is 0.511. The van der Waals surface area contributed by atoms with E-state index < -0.39 is 6.04 Å². The fraction of sp³-hybridized carbons (Fsp3) is 0.417. The number of rotatable bonds is 2. The Morgan fingerprint density at radius 3 is 2.71 bits per heavy atom. The Balaban J connectivity index is 2.28. The van der Waals surface area contributed by atoms with E-state index in [2.05, 4.69) is 5.32 Å². The van der Waals surface area contributed by atoms with E-state index >= 15 is 0 Å². The molecule has 1 aromatic rings. The number of amides is 1. The monoisotopic (exact) mass is 238 g/mol. The van der Waals surface area contributed by atoms with Gasteiger partial charge in [-0.2, -0.15) is 0 Å². The minimum Gasteiger partial charge on any atom is -0.394 e. The van der Waals surface area contributed by atoms with Gasteiger partial charge in [0.1, 0.15) is 11.9 Å². The van der Waals surface area contributed by atoms with Crippen molar-refractivity contribution >= 4 is 11.6 Å². The van der Waals surface area contributed by atoms with Crippen molar-refractivity contribution in [1.82, 2.24) is 5.32 Å². The summed E-state index contributed by atoms with van der Waals surface area (Å²) < 4.78 is 12.8. The van der Waals surface area contributed by atoms with E-state index in [0.29, 0.717) is 12.2 Å². The minimum atomic E-state index is -0.573. The van der Waals surface area contributed by atoms with Gasteiger partial charge in [-0.3, -0.25) is 4.79 Å². The number of aliphatic hydroxyl groups excluding tert-OH is 1. The Morgan fingerprint density at radius 1 is 1.47 bits per heavy atom. The number of aliphatic hydroxyl groups is 1. The lowest BCUT2D eigenvalue weighted by atomic mass is 10.1. The minimum absolute atomic E-state index is 0.0178. The van der Waals surface area contributed by atoms with Crippen molar-refractivity contribution in [1.29, 1.82) is 0 Å². The number of nitrogens with one attached hydrogen (secondary N) is 1. The molecule has 0 bridgehead atoms. The van der Waals surface area contributed by atoms with Crippen molar-refractivity contribution in [2.24, 2.45) is 0 Å². The second-order valence-corrected chi connectivity index (χ2v) is 4.18. The normalized spacial score (nSPS) is 25.1. The molecule has 0 spiro atoms. The van der Waals surface area contributed by atoms with Crippen LogP contribution >= 0.6 is 0 Å². The van der Waals surface area contributed by atoms with Crippen molar-refractivity contribution in [3.8, 4) is 0 Å². The summed E-state index contributed by atoms with van der Waals surface area (Å²) in [6, 6.07) is 5.20. The molecule has 1 amide bonds. The van der Waals surface area contributed by atoms with E-state index in [9.17, 15) is 9.18 Å². The molecule has 2 atom stereocenters. The summed E-state index contributed by atoms with van der Waals surface area (Å²) in [7, 11) is 0. The van der Waals surface area contributed by atoms with Crippen LogP contribution in [0.2, 0.25) is 0 Å². The molecule has 1 saturated heterocycles. The molecule has 2 unspecified atom stereocenters. The molecule has 5 heteroatoms. The van der Waals surface area contributed by atoms with Gasteiger partial charge in [-0.15, -0.1) is 0 Å². The van der Waals surface area contributed by atoms with Gasteiger partial charge in [-0.25, -0.2) is 4.39 Å². The van der Waals surface area contributed by atoms with Crippen LogP contribution in [0.4, 0.5) is 10.1 Å². The SMILES string of the molecule is CC1CNC(CO)C(=O)N1c1ccc(F)cc1. The maximum absolute atomic E-state index is 12.8. The lowest BCUT2D eigenvalue weighted by Gasteiger charge is -2.37. The van der Waals surface area contributed by atoms with E-state index in [1.54, 1.807) is 17.0 Å². The number of carbonyl (C=O) groups excluding carboxylic acids is 1. The molecular weight excluding hydrogens is 223 g/mol. The van der Waals surface area contributed by atoms with Gasteiger partial charge < -0.3 is 15.3 Å². The van der Waals surface area contributed by atoms with Crippen molar-refractivity contribution in [3.05, 3.63) is 30.1 Å². The van der Waals surface area contributed by atoms with E-state index in [1.165, 1.54) is 12.1 Å². The first-order valence-electron chi connectivity index (χ1n) is 5.56. The van der Waals surface area contributed by atoms with Crippen LogP contribution < -0.4 is 10.2 Å². The molecule has 2 rings (SSSR count). The van der Waals surface area contributed by atoms with Crippen LogP contribution in [0, 0.1) is 5.82 Å². The number of anilines is 1. The molecule has 1 fully saturated rings. The van der Waals surface area contributed by atoms with Gasteiger partial charge in [0.25, 0.3) is 0 Å². The average molecular weight is 238 g/mol. The number of halogens is 1. The van der Waals surface area contributed by atoms with Crippen molar-refractivity contribution in [3.63, 3.8) is 0 Å². The number of nitrogens with zero attached hydrogens (tertiary/aromatic N) is 1. The fourth-order valence-corrected chi connectivity index (χ4v) is 2.00. The van der Waals surface area contributed by atoms with Gasteiger partial charge in [0.05, 0.1) is 6.61 Å². The highest BCUT2D eigenvalue weighted by Crippen LogP contribution is 2.20. The average Bonchev–Trinajstić information content (AvgIpc) is 2.32. The summed E-state index contributed by atoms with van der Waals surface area (Å²) in [5, 5.41) is 12.1. The van der Waals surface area contributed by atoms with Crippen molar-refractivity contribution in [2.75, 3.05) is 18.1 Å². The first-order valence-corrected chi connectivity index (χ1v) is 5.56. The zero-order valence-corrected chi connectivity index (χ0v) is 9.56. The summed E-state index contributed by atoms with van der Waals surface area (Å²) in [6.07, 6.45) is 0. The van der Waals surface area contributed by atoms with Crippen molar-refractivity contribution < 1.29 is 14.3 Å². The van der Waals surface area contributed by atoms with Crippen LogP contribution in [0.15, 0.2) is 24.3 Å². The van der Waals surface area contributed by atoms with Gasteiger partial charge in [0.2, 0.25) is 5.91 Å². The molecular formula is C12H15FN2O2. The van der Waals surface area contributed by atoms with Crippen LogP contribution in [0.25, 0.3) is 0 Å². The van der Waals surface area contributed by atoms with Crippen LogP contribution in [-0.4, -0.2) is 36.2 Å². The summed E-state index contributed by atoms with van der Waals surface area (Å²) in [5.74, 6) is -0.513. The van der Waals surface area contributed by atoms with Crippen LogP contribution in [-0.2, 0) is 4.79 Å². The quantitative estimate of drug-likeness (QED) is 0.789. The summed E-state index contributed by atoms with van der Waals surface area (Å²) >= 11 is 0. The van der Waals surface area contributed by atoms with Crippen LogP contribution in [0.5, 0.6) is 0 Å². The third kappa shape index (κ3) is 2.30. The lowest BCUT2D eigenvalue weighted by molar-refractivity contribution is -0.123. The topological polar surface area (TPSA) is 52.6 Å². The lowest BCUT2D eigenvalue weighted by Crippen LogP contribution is -2.60. The zero-order valence-electron chi connectivity index (χ0n) is 9.56. The third-order valence-corrected chi connectivity index (χ3v) is 2.92. The summed E-state index contributed by atoms with van der Waals surface area (Å²) in [6.45, 7) is 2.28. The molecule has 0 aromatic heterocycles. The number of piperazine rings is 1. The van der Waals surface area contributed by atoms with Crippen molar-refractivity contribution in [2.45, 2.75) is 19.0 Å². The van der Waals surface area contributed by atoms with Gasteiger partial charge in [0, 0.05) is 18.3 Å². The van der Waals surface area contributed by atoms with Gasteiger partial charge in [-0.05, 0) is 31.2 Å². The molecule has 1 aliphatic rings. The van der Waals surface area contributed by atoms with Gasteiger partial charge >= 0.3 is 0 Å². The van der Waals surface area contributed by atoms with E-state index in [0.717, 1.165) is 0 Å². The van der Waals surface area contributed by atoms with E-state index in [4.69, 9.17) is 5.11 Å². The van der Waals surface area contributed by atoms with Crippen LogP contribution in [0.3, 0.4) is 0 Å². The Bertz CT molecular complexity index is 407. The maximum atomic E-state index is 12.8. The number of hydrogen-bond donors (Lipinski definition) is 2. The molecule has 0 saturated carbocycles. The third-order valence-electron chi connectivity index (χ3n) is 2.92. The molecule has 4 nitrogen and oxygen atoms in total. The second kappa shape index (κ2) is 4.81. The molecule has 1 aromatic carbocycles. The molecule has 0 aliphatic carbocycles. The van der Waals surface area contributed by atoms with Gasteiger partial charge in [-0.1, -0.05) is 0 Å². The molecule has 17 heavy (non-hydrogen) atoms. The highest BCUT2D eigenvalue weighted by atomic mass is 19.1. The standard InChI is InChI=1S/C12H15FN2O2/c1-8-6-14-11(7-16)12(17)15(8)10-4-2-9(13)3-5-10/h2-5,8,11,14,16H,6-7H2,1H3. The molecule has 0 radical (unpaired) electrons. The number of benzene rings is 1. The Hall–Kier alpha value is -1.46. The first-order chi connectivity index (χ1) is 8.13. The Labute approximate surface area is 99.0 Å². The van der Waals surface area contributed by atoms with E-state index in [1.807, 2.05) is 6.92 Å². The second-order valence-electron chi connectivity index (χ2n) is 4.18. The predicted molar refractivity (Wildman–Crippen MR) is 62.2 cm³/mol. The maximum Gasteiger partial charge on any atom is 0.246 e. The number of carbonyl (C=O) groups is 1. The number of hydrogen-bond acceptors (Lipinski definition) is 3. The van der Waals surface area contributed by atoms with E-state index in [-0.39, 0.29) is 24.4 Å². The molecule has 1 aliphatic heterocycles. The zero-order chi connectivity index (χ0) is 12.4. The highest BCUT2D eigenvalue weighted by Gasteiger charge is 2.33. The molecule has 1 heterocycles. The van der Waals surface area contributed by atoms with Crippen LogP contribution in [0.1, 0.15) is 6.92 Å². The Morgan fingerprint density at radius 2 is 2.12 bits per heavy atom. The molecule has 92 valence electrons. The Kier molecular flexibility index (Phi) is 3.40. The summed E-state index contributed by atoms with van der Waals surface area (Å²) in [4.78, 5) is 13.7. The first kappa shape index (κ1) is 12.0. The summed E-state index contributed by atoms with van der Waals surface area (Å²) in [5.41, 5.74) is 0.656. The highest BCUT2D eigenvalue weighted by molar-refractivity contribution is 5.98. The fourth-order valence-electron chi connectivity index (χ4n) is 2.00. The smallest absolute Gasteiger partial charge is 0.246 e. The largest absolute Gasteiger partial charge is 0.394 e. The van der Waals surface area contributed by atoms with Gasteiger partial charge in [0.15, 0.2) is 0 Å².